The quantitative estimate of drug-likeness (QED) is 0.132. The van der Waals surface area contributed by atoms with Crippen molar-refractivity contribution in [1.29, 1.82) is 0 Å². The van der Waals surface area contributed by atoms with Crippen molar-refractivity contribution in [2.24, 2.45) is 17.8 Å². The minimum absolute atomic E-state index is 0.423. The lowest BCUT2D eigenvalue weighted by Gasteiger charge is -2.57. The zero-order valence-corrected chi connectivity index (χ0v) is 44.5. The fourth-order valence-corrected chi connectivity index (χ4v) is 16.7. The van der Waals surface area contributed by atoms with Crippen molar-refractivity contribution in [2.45, 2.75) is 54.8 Å². The molecule has 0 heterocycles. The molecular weight excluding hydrogens is 951 g/mol. The smallest absolute Gasteiger partial charge is 0.0713 e. The van der Waals surface area contributed by atoms with E-state index in [2.05, 4.69) is 284 Å². The Bertz CT molecular complexity index is 3750. The predicted octanol–water partition coefficient (Wildman–Crippen LogP) is 19.7. The SMILES string of the molecule is c1ccc(C2(c3ccc(N(c4ccc(-c5ccc(-c6ccc(C78CC9CC(CC(C9)C7)C8)cc6)cc5)cc4)c4ccc(C5(c6ccccc6)c6ccccc6-c6ccccc65)cc4)cc3)c3ccccc3-c3ccccc32)cc1. The number of hydrogen-bond acceptors (Lipinski definition) is 1. The second-order valence-corrected chi connectivity index (χ2v) is 23.7. The van der Waals surface area contributed by atoms with E-state index in [1.54, 1.807) is 5.56 Å². The minimum atomic E-state index is -0.478. The monoisotopic (exact) mass is 1010 g/mol. The Kier molecular flexibility index (Phi) is 10.6. The van der Waals surface area contributed by atoms with Crippen molar-refractivity contribution < 1.29 is 0 Å². The Morgan fingerprint density at radius 1 is 0.241 bits per heavy atom. The Morgan fingerprint density at radius 3 is 0.835 bits per heavy atom. The van der Waals surface area contributed by atoms with Crippen LogP contribution in [0.2, 0.25) is 0 Å². The van der Waals surface area contributed by atoms with Crippen molar-refractivity contribution in [3.05, 3.63) is 329 Å². The zero-order valence-electron chi connectivity index (χ0n) is 44.5. The lowest BCUT2D eigenvalue weighted by atomic mass is 9.48. The van der Waals surface area contributed by atoms with Crippen molar-refractivity contribution in [3.63, 3.8) is 0 Å². The highest BCUT2D eigenvalue weighted by atomic mass is 15.1. The van der Waals surface area contributed by atoms with E-state index in [1.165, 1.54) is 128 Å². The molecule has 0 spiro atoms. The molecule has 6 aliphatic carbocycles. The summed E-state index contributed by atoms with van der Waals surface area (Å²) >= 11 is 0. The fraction of sp³-hybridized carbons (Fsp3) is 0.154. The number of hydrogen-bond donors (Lipinski definition) is 0. The first-order chi connectivity index (χ1) is 39.1. The molecule has 0 aromatic heterocycles. The second kappa shape index (κ2) is 18.2. The standard InChI is InChI=1S/C78H61N/c1-3-15-61(16-4-1)77(72-23-11-7-19-68(72)69-20-8-12-24-73(69)77)63-37-43-66(44-38-63)79(67-45-39-64(40-46-67)78(62-17-5-2-6-18-62)74-25-13-9-21-70(74)71-22-10-14-26-75(71)78)65-41-33-59(34-42-65)57-29-27-56(28-30-57)58-31-35-60(36-32-58)76-50-53-47-54(51-76)49-55(48-53)52-76/h1-46,53-55H,47-52H2. The van der Waals surface area contributed by atoms with Gasteiger partial charge in [0.15, 0.2) is 0 Å². The highest BCUT2D eigenvalue weighted by Gasteiger charge is 2.52. The Morgan fingerprint density at radius 2 is 0.494 bits per heavy atom. The molecule has 0 N–H and O–H groups in total. The average Bonchev–Trinajstić information content (AvgIpc) is 4.03. The molecule has 0 radical (unpaired) electrons. The molecule has 11 aromatic rings. The van der Waals surface area contributed by atoms with Crippen LogP contribution in [-0.4, -0.2) is 0 Å². The van der Waals surface area contributed by atoms with Crippen LogP contribution >= 0.6 is 0 Å². The third kappa shape index (κ3) is 7.08. The first kappa shape index (κ1) is 46.3. The van der Waals surface area contributed by atoms with Crippen LogP contribution in [0.1, 0.15) is 88.6 Å². The molecule has 0 amide bonds. The minimum Gasteiger partial charge on any atom is -0.311 e. The number of nitrogens with zero attached hydrogens (tertiary/aromatic N) is 1. The number of rotatable bonds is 10. The zero-order chi connectivity index (χ0) is 52.1. The van der Waals surface area contributed by atoms with Crippen LogP contribution in [0.4, 0.5) is 17.1 Å². The molecule has 1 heteroatoms. The normalized spacial score (nSPS) is 20.2. The van der Waals surface area contributed by atoms with Gasteiger partial charge in [-0.15, -0.1) is 0 Å². The van der Waals surface area contributed by atoms with Crippen LogP contribution in [0.3, 0.4) is 0 Å². The van der Waals surface area contributed by atoms with Crippen LogP contribution in [0.5, 0.6) is 0 Å². The molecule has 0 atom stereocenters. The van der Waals surface area contributed by atoms with Gasteiger partial charge >= 0.3 is 0 Å². The maximum Gasteiger partial charge on any atom is 0.0713 e. The van der Waals surface area contributed by atoms with E-state index < -0.39 is 10.8 Å². The van der Waals surface area contributed by atoms with Crippen LogP contribution < -0.4 is 4.90 Å². The first-order valence-electron chi connectivity index (χ1n) is 28.9. The number of anilines is 3. The summed E-state index contributed by atoms with van der Waals surface area (Å²) in [6, 6.07) is 105. The van der Waals surface area contributed by atoms with E-state index in [0.717, 1.165) is 34.8 Å². The predicted molar refractivity (Wildman–Crippen MR) is 326 cm³/mol. The summed E-state index contributed by atoms with van der Waals surface area (Å²) in [6.45, 7) is 0. The number of fused-ring (bicyclic) bond motifs is 6. The molecule has 79 heavy (non-hydrogen) atoms. The Balaban J connectivity index is 0.780. The first-order valence-corrected chi connectivity index (χ1v) is 28.9. The van der Waals surface area contributed by atoms with Gasteiger partial charge in [0.25, 0.3) is 0 Å². The molecule has 1 nitrogen and oxygen atoms in total. The lowest BCUT2D eigenvalue weighted by Crippen LogP contribution is -2.48. The molecule has 4 fully saturated rings. The molecule has 6 aliphatic rings. The summed E-state index contributed by atoms with van der Waals surface area (Å²) in [6.07, 6.45) is 8.67. The third-order valence-electron chi connectivity index (χ3n) is 19.6. The van der Waals surface area contributed by atoms with E-state index in [9.17, 15) is 0 Å². The molecule has 0 unspecified atom stereocenters. The maximum atomic E-state index is 2.48. The van der Waals surface area contributed by atoms with Gasteiger partial charge in [-0.05, 0) is 193 Å². The summed E-state index contributed by atoms with van der Waals surface area (Å²) in [5.74, 6) is 2.86. The van der Waals surface area contributed by atoms with E-state index in [-0.39, 0.29) is 0 Å². The van der Waals surface area contributed by atoms with Gasteiger partial charge in [-0.1, -0.05) is 243 Å². The molecule has 4 bridgehead atoms. The molecule has 0 saturated heterocycles. The van der Waals surface area contributed by atoms with Gasteiger partial charge in [0.2, 0.25) is 0 Å². The van der Waals surface area contributed by atoms with Crippen molar-refractivity contribution >= 4 is 17.1 Å². The van der Waals surface area contributed by atoms with E-state index in [1.807, 2.05) is 0 Å². The van der Waals surface area contributed by atoms with E-state index in [4.69, 9.17) is 0 Å². The van der Waals surface area contributed by atoms with Gasteiger partial charge in [0.05, 0.1) is 10.8 Å². The molecule has 378 valence electrons. The van der Waals surface area contributed by atoms with Gasteiger partial charge in [0.1, 0.15) is 0 Å². The summed E-state index contributed by atoms with van der Waals surface area (Å²) in [4.78, 5) is 2.44. The Labute approximate surface area is 465 Å². The Hall–Kier alpha value is -8.78. The lowest BCUT2D eigenvalue weighted by molar-refractivity contribution is -0.00518. The van der Waals surface area contributed by atoms with E-state index >= 15 is 0 Å². The molecular formula is C78H61N. The fourth-order valence-electron chi connectivity index (χ4n) is 16.7. The largest absolute Gasteiger partial charge is 0.311 e. The van der Waals surface area contributed by atoms with Crippen molar-refractivity contribution in [2.75, 3.05) is 4.90 Å². The summed E-state index contributed by atoms with van der Waals surface area (Å²) in [5, 5.41) is 0. The van der Waals surface area contributed by atoms with Gasteiger partial charge in [-0.25, -0.2) is 0 Å². The van der Waals surface area contributed by atoms with Gasteiger partial charge in [0, 0.05) is 17.1 Å². The van der Waals surface area contributed by atoms with Crippen LogP contribution in [0.25, 0.3) is 44.5 Å². The van der Waals surface area contributed by atoms with Crippen molar-refractivity contribution in [1.82, 2.24) is 0 Å². The summed E-state index contributed by atoms with van der Waals surface area (Å²) in [5.41, 5.74) is 24.8. The van der Waals surface area contributed by atoms with Gasteiger partial charge < -0.3 is 4.90 Å². The highest BCUT2D eigenvalue weighted by molar-refractivity contribution is 5.89. The van der Waals surface area contributed by atoms with Crippen LogP contribution in [0.15, 0.2) is 279 Å². The molecule has 0 aliphatic heterocycles. The topological polar surface area (TPSA) is 3.24 Å². The maximum absolute atomic E-state index is 2.48. The van der Waals surface area contributed by atoms with Gasteiger partial charge in [-0.3, -0.25) is 0 Å². The molecule has 17 rings (SSSR count). The van der Waals surface area contributed by atoms with Gasteiger partial charge in [-0.2, -0.15) is 0 Å². The van der Waals surface area contributed by atoms with E-state index in [0.29, 0.717) is 5.41 Å². The summed E-state index contributed by atoms with van der Waals surface area (Å²) in [7, 11) is 0. The molecule has 11 aromatic carbocycles. The number of benzene rings is 11. The average molecular weight is 1010 g/mol. The summed E-state index contributed by atoms with van der Waals surface area (Å²) < 4.78 is 0. The third-order valence-corrected chi connectivity index (χ3v) is 19.6. The second-order valence-electron chi connectivity index (χ2n) is 23.7. The highest BCUT2D eigenvalue weighted by Crippen LogP contribution is 2.62. The van der Waals surface area contributed by atoms with Crippen LogP contribution in [-0.2, 0) is 16.2 Å². The van der Waals surface area contributed by atoms with Crippen LogP contribution in [0, 0.1) is 17.8 Å². The molecule has 4 saturated carbocycles. The van der Waals surface area contributed by atoms with Crippen molar-refractivity contribution in [3.8, 4) is 44.5 Å².